The molecule has 0 unspecified atom stereocenters. The Labute approximate surface area is 267 Å². The van der Waals surface area contributed by atoms with Crippen molar-refractivity contribution in [2.45, 2.75) is 71.5 Å². The molecule has 8 nitrogen and oxygen atoms in total. The molecule has 5 N–H and O–H groups in total. The van der Waals surface area contributed by atoms with Crippen LogP contribution in [0.4, 0.5) is 10.1 Å². The van der Waals surface area contributed by atoms with Crippen molar-refractivity contribution in [2.24, 2.45) is 50.5 Å². The van der Waals surface area contributed by atoms with E-state index in [0.717, 1.165) is 35.9 Å². The fourth-order valence-electron chi connectivity index (χ4n) is 10.0. The number of carbonyl (C=O) groups excluding carboxylic acids is 2. The number of carbonyl (C=O) groups is 2. The van der Waals surface area contributed by atoms with Crippen molar-refractivity contribution in [1.82, 2.24) is 0 Å². The van der Waals surface area contributed by atoms with Gasteiger partial charge in [-0.25, -0.2) is 14.2 Å². The summed E-state index contributed by atoms with van der Waals surface area (Å²) in [5.41, 5.74) is 12.4. The van der Waals surface area contributed by atoms with Crippen LogP contribution in [0.2, 0.25) is 0 Å². The third-order valence-electron chi connectivity index (χ3n) is 11.7. The number of thioether (sulfide) groups is 1. The third kappa shape index (κ3) is 4.66. The Morgan fingerprint density at radius 2 is 1.96 bits per heavy atom. The number of nitrogens with zero attached hydrogens (tertiary/aromatic N) is 1. The summed E-state index contributed by atoms with van der Waals surface area (Å²) in [7, 11) is 0. The number of hydrogen-bond donors (Lipinski definition) is 3. The first-order valence-electron chi connectivity index (χ1n) is 15.6. The maximum atomic E-state index is 14.1. The number of halogens is 1. The Hall–Kier alpha value is -3.21. The number of aliphatic hydroxyl groups is 1. The summed E-state index contributed by atoms with van der Waals surface area (Å²) in [4.78, 5) is 32.4. The molecule has 0 aliphatic heterocycles. The lowest BCUT2D eigenvalue weighted by atomic mass is 9.40. The number of fused-ring (bicyclic) bond motifs is 5. The number of nitrogens with two attached hydrogens (primary N) is 2. The summed E-state index contributed by atoms with van der Waals surface area (Å²) < 4.78 is 25.2. The summed E-state index contributed by atoms with van der Waals surface area (Å²) in [6, 6.07) is 9.19. The lowest BCUT2D eigenvalue weighted by molar-refractivity contribution is -0.205. The van der Waals surface area contributed by atoms with Crippen LogP contribution in [0.1, 0.15) is 70.4 Å². The highest BCUT2D eigenvalue weighted by atomic mass is 32.2. The molecule has 0 spiro atoms. The van der Waals surface area contributed by atoms with Gasteiger partial charge in [-0.1, -0.05) is 45.0 Å². The van der Waals surface area contributed by atoms with Gasteiger partial charge in [0.15, 0.2) is 5.60 Å². The van der Waals surface area contributed by atoms with E-state index in [-0.39, 0.29) is 52.2 Å². The van der Waals surface area contributed by atoms with Crippen LogP contribution < -0.4 is 11.5 Å². The van der Waals surface area contributed by atoms with Gasteiger partial charge in [0.2, 0.25) is 10.9 Å². The summed E-state index contributed by atoms with van der Waals surface area (Å²) in [6.45, 7) is 8.45. The molecule has 3 saturated carbocycles. The second-order valence-electron chi connectivity index (χ2n) is 14.0. The molecule has 10 heteroatoms. The van der Waals surface area contributed by atoms with E-state index in [1.54, 1.807) is 24.4 Å². The maximum Gasteiger partial charge on any atom is 0.375 e. The van der Waals surface area contributed by atoms with E-state index >= 15 is 0 Å². The predicted molar refractivity (Wildman–Crippen MR) is 172 cm³/mol. The zero-order chi connectivity index (χ0) is 32.4. The fraction of sp³-hybridized carbons (Fsp3) is 0.514. The van der Waals surface area contributed by atoms with Crippen LogP contribution in [0.25, 0.3) is 0 Å². The Morgan fingerprint density at radius 1 is 1.22 bits per heavy atom. The highest BCUT2D eigenvalue weighted by molar-refractivity contribution is 8.13. The molecule has 1 aromatic heterocycles. The minimum Gasteiger partial charge on any atom is -0.457 e. The molecule has 0 bridgehead atoms. The predicted octanol–water partition coefficient (Wildman–Crippen LogP) is 6.29. The number of aliphatic hydroxyl groups excluding tert-OH is 1. The van der Waals surface area contributed by atoms with Gasteiger partial charge < -0.3 is 25.7 Å². The number of furan rings is 1. The zero-order valence-corrected chi connectivity index (χ0v) is 27.0. The van der Waals surface area contributed by atoms with Gasteiger partial charge in [0, 0.05) is 17.2 Å². The van der Waals surface area contributed by atoms with E-state index in [1.807, 2.05) is 13.8 Å². The van der Waals surface area contributed by atoms with E-state index in [0.29, 0.717) is 18.5 Å². The summed E-state index contributed by atoms with van der Waals surface area (Å²) >= 11 is 0.961. The fourth-order valence-corrected chi connectivity index (χ4v) is 10.9. The van der Waals surface area contributed by atoms with E-state index in [4.69, 9.17) is 25.6 Å². The topological polar surface area (TPSA) is 141 Å². The molecular weight excluding hydrogens is 593 g/mol. The number of esters is 1. The minimum atomic E-state index is -1.50. The van der Waals surface area contributed by atoms with Crippen molar-refractivity contribution >= 4 is 34.2 Å². The van der Waals surface area contributed by atoms with E-state index in [2.05, 4.69) is 19.9 Å². The standard InChI is InChI=1S/C35H42FN3O5S/c1-20-14-28-32(2)12-11-22-15-25(39-24-9-7-23(36)8-10-24)21(18-37)16-33(22,3)29(32)26(40)17-34(28,4)35(20,31(42)45-19-38)44-30(41)27-6-5-13-43-27/h5-10,13,15,18,20,26,28-29,40H,11-12,14,16-17,19,37-38H2,1-4H3/t20-,26+,28+,29+,32+,33+,34+,35+/m1/s1. The third-order valence-corrected chi connectivity index (χ3v) is 12.5. The lowest BCUT2D eigenvalue weighted by Crippen LogP contribution is -2.66. The molecule has 240 valence electrons. The Bertz CT molecular complexity index is 1590. The van der Waals surface area contributed by atoms with Gasteiger partial charge in [-0.15, -0.1) is 0 Å². The van der Waals surface area contributed by atoms with E-state index in [1.165, 1.54) is 30.0 Å². The SMILES string of the molecule is C[C@@H]1C[C@H]2[C@]3(C)CCC4=CC(=Nc5ccc(F)cc5)C(=CN)C[C@]4(C)[C@H]3[C@@H](O)C[C@]2(C)[C@@]1(OC(=O)c1ccco1)C(=O)SCN. The first kappa shape index (κ1) is 31.8. The van der Waals surface area contributed by atoms with Crippen LogP contribution in [0.15, 0.2) is 75.5 Å². The van der Waals surface area contributed by atoms with Crippen molar-refractivity contribution < 1.29 is 28.2 Å². The second kappa shape index (κ2) is 11.2. The number of aliphatic imine (C=N–C) groups is 1. The zero-order valence-electron chi connectivity index (χ0n) is 26.2. The largest absolute Gasteiger partial charge is 0.457 e. The Kier molecular flexibility index (Phi) is 7.93. The quantitative estimate of drug-likeness (QED) is 0.257. The number of ether oxygens (including phenoxy) is 1. The molecule has 0 saturated heterocycles. The number of rotatable bonds is 5. The molecule has 3 fully saturated rings. The molecular formula is C35H42FN3O5S. The number of allylic oxidation sites excluding steroid dienone is 3. The smallest absolute Gasteiger partial charge is 0.375 e. The first-order chi connectivity index (χ1) is 21.3. The average molecular weight is 636 g/mol. The lowest BCUT2D eigenvalue weighted by Gasteiger charge is -2.65. The number of benzene rings is 1. The van der Waals surface area contributed by atoms with Crippen molar-refractivity contribution in [3.8, 4) is 0 Å². The van der Waals surface area contributed by atoms with Crippen molar-refractivity contribution in [3.63, 3.8) is 0 Å². The summed E-state index contributed by atoms with van der Waals surface area (Å²) in [5.74, 6) is -1.43. The van der Waals surface area contributed by atoms with Crippen molar-refractivity contribution in [3.05, 3.63) is 77.7 Å². The summed E-state index contributed by atoms with van der Waals surface area (Å²) in [6.07, 6.45) is 7.39. The molecule has 4 aliphatic rings. The maximum absolute atomic E-state index is 14.1. The van der Waals surface area contributed by atoms with Gasteiger partial charge in [0.25, 0.3) is 0 Å². The molecule has 6 rings (SSSR count). The normalized spacial score (nSPS) is 39.1. The molecule has 1 aromatic carbocycles. The molecule has 1 heterocycles. The van der Waals surface area contributed by atoms with E-state index < -0.39 is 28.5 Å². The van der Waals surface area contributed by atoms with Crippen LogP contribution >= 0.6 is 11.8 Å². The minimum absolute atomic E-state index is 0.0287. The molecule has 2 aromatic rings. The first-order valence-corrected chi connectivity index (χ1v) is 16.6. The Balaban J connectivity index is 1.41. The monoisotopic (exact) mass is 635 g/mol. The Morgan fingerprint density at radius 3 is 2.60 bits per heavy atom. The highest BCUT2D eigenvalue weighted by Gasteiger charge is 2.76. The van der Waals surface area contributed by atoms with Crippen LogP contribution in [-0.2, 0) is 9.53 Å². The second-order valence-corrected chi connectivity index (χ2v) is 15.0. The van der Waals surface area contributed by atoms with Crippen LogP contribution in [0, 0.1) is 39.8 Å². The summed E-state index contributed by atoms with van der Waals surface area (Å²) in [5, 5.41) is 12.0. The van der Waals surface area contributed by atoms with Gasteiger partial charge in [0.1, 0.15) is 5.82 Å². The molecule has 0 radical (unpaired) electrons. The molecule has 45 heavy (non-hydrogen) atoms. The van der Waals surface area contributed by atoms with Crippen molar-refractivity contribution in [1.29, 1.82) is 0 Å². The van der Waals surface area contributed by atoms with Gasteiger partial charge in [-0.2, -0.15) is 0 Å². The van der Waals surface area contributed by atoms with Gasteiger partial charge in [-0.05, 0) is 109 Å². The van der Waals surface area contributed by atoms with Gasteiger partial charge in [0.05, 0.1) is 23.8 Å². The highest BCUT2D eigenvalue weighted by Crippen LogP contribution is 2.74. The molecule has 8 atom stereocenters. The van der Waals surface area contributed by atoms with Crippen LogP contribution in [-0.4, -0.2) is 39.5 Å². The van der Waals surface area contributed by atoms with Crippen LogP contribution in [0.3, 0.4) is 0 Å². The van der Waals surface area contributed by atoms with E-state index in [9.17, 15) is 19.1 Å². The van der Waals surface area contributed by atoms with Crippen LogP contribution in [0.5, 0.6) is 0 Å². The average Bonchev–Trinajstić information content (AvgIpc) is 3.61. The molecule has 0 amide bonds. The van der Waals surface area contributed by atoms with Gasteiger partial charge in [-0.3, -0.25) is 4.79 Å². The van der Waals surface area contributed by atoms with Crippen molar-refractivity contribution in [2.75, 3.05) is 5.88 Å². The number of hydrogen-bond acceptors (Lipinski definition) is 9. The molecule has 4 aliphatic carbocycles. The van der Waals surface area contributed by atoms with Gasteiger partial charge >= 0.3 is 5.97 Å².